The summed E-state index contributed by atoms with van der Waals surface area (Å²) in [6.07, 6.45) is -3.69. The summed E-state index contributed by atoms with van der Waals surface area (Å²) in [6, 6.07) is 2.87. The average Bonchev–Trinajstić information content (AvgIpc) is 2.53. The standard InChI is InChI=1S/C15H8F5N3O3S/c16-11-5-10(6-12(17)7-11)14(8-21,15(18,19)20)27(25,26)23-13(24)9-1-3-22-4-2-9/h1-7H,(H,23,24). The van der Waals surface area contributed by atoms with Crippen LogP contribution in [0.2, 0.25) is 0 Å². The average molecular weight is 405 g/mol. The maximum Gasteiger partial charge on any atom is 0.427 e. The van der Waals surface area contributed by atoms with Crippen LogP contribution >= 0.6 is 0 Å². The molecule has 142 valence electrons. The summed E-state index contributed by atoms with van der Waals surface area (Å²) in [6.45, 7) is 0. The Kier molecular flexibility index (Phi) is 5.19. The van der Waals surface area contributed by atoms with Gasteiger partial charge in [0.25, 0.3) is 20.7 Å². The van der Waals surface area contributed by atoms with Crippen molar-refractivity contribution in [1.29, 1.82) is 5.26 Å². The number of pyridine rings is 1. The molecule has 1 aromatic carbocycles. The van der Waals surface area contributed by atoms with Crippen molar-refractivity contribution in [1.82, 2.24) is 9.71 Å². The summed E-state index contributed by atoms with van der Waals surface area (Å²) in [5.74, 6) is -4.56. The van der Waals surface area contributed by atoms with Gasteiger partial charge in [-0.1, -0.05) is 0 Å². The molecule has 0 bridgehead atoms. The Morgan fingerprint density at radius 1 is 1.07 bits per heavy atom. The Hall–Kier alpha value is -3.07. The molecule has 6 nitrogen and oxygen atoms in total. The van der Waals surface area contributed by atoms with E-state index in [2.05, 4.69) is 4.98 Å². The van der Waals surface area contributed by atoms with Crippen molar-refractivity contribution < 1.29 is 35.2 Å². The summed E-state index contributed by atoms with van der Waals surface area (Å²) in [5, 5.41) is 9.11. The third kappa shape index (κ3) is 3.59. The summed E-state index contributed by atoms with van der Waals surface area (Å²) in [7, 11) is -5.87. The molecule has 0 aliphatic carbocycles. The number of alkyl halides is 3. The Labute approximate surface area is 149 Å². The number of nitriles is 1. The first-order valence-electron chi connectivity index (χ1n) is 6.86. The lowest BCUT2D eigenvalue weighted by Gasteiger charge is -2.29. The molecule has 27 heavy (non-hydrogen) atoms. The van der Waals surface area contributed by atoms with Crippen LogP contribution in [0.1, 0.15) is 15.9 Å². The van der Waals surface area contributed by atoms with E-state index in [4.69, 9.17) is 5.26 Å². The van der Waals surface area contributed by atoms with Crippen molar-refractivity contribution in [2.45, 2.75) is 10.9 Å². The largest absolute Gasteiger partial charge is 0.427 e. The molecule has 1 heterocycles. The van der Waals surface area contributed by atoms with Crippen molar-refractivity contribution in [3.8, 4) is 6.07 Å². The van der Waals surface area contributed by atoms with Gasteiger partial charge >= 0.3 is 6.18 Å². The number of benzene rings is 1. The maximum atomic E-state index is 13.7. The van der Waals surface area contributed by atoms with Gasteiger partial charge in [0, 0.05) is 29.6 Å². The van der Waals surface area contributed by atoms with E-state index in [1.807, 2.05) is 0 Å². The molecule has 0 spiro atoms. The van der Waals surface area contributed by atoms with Crippen LogP contribution in [-0.2, 0) is 14.8 Å². The second-order valence-electron chi connectivity index (χ2n) is 5.12. The molecule has 0 radical (unpaired) electrons. The lowest BCUT2D eigenvalue weighted by molar-refractivity contribution is -0.150. The zero-order valence-electron chi connectivity index (χ0n) is 13.0. The number of halogens is 5. The monoisotopic (exact) mass is 405 g/mol. The van der Waals surface area contributed by atoms with Crippen LogP contribution < -0.4 is 4.72 Å². The number of sulfonamides is 1. The second-order valence-corrected chi connectivity index (χ2v) is 6.94. The van der Waals surface area contributed by atoms with E-state index in [-0.39, 0.29) is 23.8 Å². The summed E-state index contributed by atoms with van der Waals surface area (Å²) < 4.78 is 89.3. The fourth-order valence-corrected chi connectivity index (χ4v) is 3.55. The highest BCUT2D eigenvalue weighted by Gasteiger charge is 2.67. The highest BCUT2D eigenvalue weighted by Crippen LogP contribution is 2.45. The molecule has 0 aliphatic heterocycles. The SMILES string of the molecule is N#CC(c1cc(F)cc(F)c1)(C(F)(F)F)S(=O)(=O)NC(=O)c1ccncc1. The van der Waals surface area contributed by atoms with Gasteiger partial charge in [-0.3, -0.25) is 9.78 Å². The van der Waals surface area contributed by atoms with Gasteiger partial charge < -0.3 is 0 Å². The minimum Gasteiger partial charge on any atom is -0.268 e. The van der Waals surface area contributed by atoms with Crippen molar-refractivity contribution in [2.24, 2.45) is 0 Å². The lowest BCUT2D eigenvalue weighted by atomic mass is 9.98. The fourth-order valence-electron chi connectivity index (χ4n) is 2.18. The molecule has 0 saturated carbocycles. The van der Waals surface area contributed by atoms with Crippen molar-refractivity contribution in [3.05, 3.63) is 65.5 Å². The third-order valence-electron chi connectivity index (χ3n) is 3.40. The van der Waals surface area contributed by atoms with Crippen LogP contribution in [0.25, 0.3) is 0 Å². The van der Waals surface area contributed by atoms with Gasteiger partial charge in [0.05, 0.1) is 0 Å². The van der Waals surface area contributed by atoms with Crippen molar-refractivity contribution >= 4 is 15.9 Å². The molecule has 0 aliphatic rings. The molecule has 2 aromatic rings. The molecule has 1 amide bonds. The molecule has 1 aromatic heterocycles. The number of amides is 1. The number of rotatable bonds is 4. The predicted octanol–water partition coefficient (Wildman–Crippen LogP) is 2.40. The van der Waals surface area contributed by atoms with E-state index < -0.39 is 44.1 Å². The first kappa shape index (κ1) is 20.2. The van der Waals surface area contributed by atoms with Crippen molar-refractivity contribution in [2.75, 3.05) is 0 Å². The Morgan fingerprint density at radius 2 is 1.59 bits per heavy atom. The molecule has 12 heteroatoms. The Balaban J connectivity index is 2.67. The van der Waals surface area contributed by atoms with Crippen LogP contribution in [0.3, 0.4) is 0 Å². The minimum atomic E-state index is -5.87. The highest BCUT2D eigenvalue weighted by atomic mass is 32.2. The lowest BCUT2D eigenvalue weighted by Crippen LogP contribution is -2.54. The molecule has 1 atom stereocenters. The number of aromatic nitrogens is 1. The van der Waals surface area contributed by atoms with E-state index in [1.165, 1.54) is 0 Å². The molecular formula is C15H8F5N3O3S. The van der Waals surface area contributed by atoms with Gasteiger partial charge in [0.1, 0.15) is 17.7 Å². The van der Waals surface area contributed by atoms with Crippen LogP contribution in [-0.4, -0.2) is 25.5 Å². The predicted molar refractivity (Wildman–Crippen MR) is 80.3 cm³/mol. The van der Waals surface area contributed by atoms with Gasteiger partial charge in [0.15, 0.2) is 0 Å². The van der Waals surface area contributed by atoms with Crippen LogP contribution in [0.15, 0.2) is 42.7 Å². The van der Waals surface area contributed by atoms with E-state index in [0.717, 1.165) is 29.2 Å². The maximum absolute atomic E-state index is 13.7. The van der Waals surface area contributed by atoms with Gasteiger partial charge in [0.2, 0.25) is 0 Å². The van der Waals surface area contributed by atoms with Gasteiger partial charge in [-0.25, -0.2) is 21.9 Å². The van der Waals surface area contributed by atoms with E-state index in [0.29, 0.717) is 6.07 Å². The summed E-state index contributed by atoms with van der Waals surface area (Å²) in [4.78, 5) is 15.5. The van der Waals surface area contributed by atoms with E-state index >= 15 is 0 Å². The smallest absolute Gasteiger partial charge is 0.268 e. The molecular weight excluding hydrogens is 397 g/mol. The fraction of sp³-hybridized carbons (Fsp3) is 0.133. The summed E-state index contributed by atoms with van der Waals surface area (Å²) in [5.41, 5.74) is -1.90. The van der Waals surface area contributed by atoms with Gasteiger partial charge in [-0.05, 0) is 24.3 Å². The normalized spacial score (nSPS) is 14.1. The topological polar surface area (TPSA) is 99.9 Å². The highest BCUT2D eigenvalue weighted by molar-refractivity contribution is 7.91. The number of carbonyl (C=O) groups excluding carboxylic acids is 1. The van der Waals surface area contributed by atoms with Crippen molar-refractivity contribution in [3.63, 3.8) is 0 Å². The molecule has 2 rings (SSSR count). The van der Waals surface area contributed by atoms with Gasteiger partial charge in [-0.15, -0.1) is 0 Å². The van der Waals surface area contributed by atoms with Gasteiger partial charge in [-0.2, -0.15) is 18.4 Å². The first-order valence-corrected chi connectivity index (χ1v) is 8.34. The number of hydrogen-bond donors (Lipinski definition) is 1. The number of nitrogens with one attached hydrogen (secondary N) is 1. The van der Waals surface area contributed by atoms with E-state index in [1.54, 1.807) is 0 Å². The Bertz CT molecular complexity index is 999. The Morgan fingerprint density at radius 3 is 2.04 bits per heavy atom. The van der Waals surface area contributed by atoms with Crippen LogP contribution in [0, 0.1) is 23.0 Å². The number of hydrogen-bond acceptors (Lipinski definition) is 5. The van der Waals surface area contributed by atoms with Crippen LogP contribution in [0.5, 0.6) is 0 Å². The number of carbonyl (C=O) groups is 1. The minimum absolute atomic E-state index is 0.0515. The van der Waals surface area contributed by atoms with Crippen LogP contribution in [0.4, 0.5) is 22.0 Å². The zero-order valence-corrected chi connectivity index (χ0v) is 13.8. The molecule has 0 fully saturated rings. The quantitative estimate of drug-likeness (QED) is 0.788. The molecule has 1 unspecified atom stereocenters. The van der Waals surface area contributed by atoms with E-state index in [9.17, 15) is 35.2 Å². The number of nitrogens with zero attached hydrogens (tertiary/aromatic N) is 2. The zero-order chi connectivity index (χ0) is 20.5. The first-order chi connectivity index (χ1) is 12.4. The summed E-state index contributed by atoms with van der Waals surface area (Å²) >= 11 is 0. The molecule has 0 saturated heterocycles. The molecule has 1 N–H and O–H groups in total. The third-order valence-corrected chi connectivity index (χ3v) is 5.22. The second kappa shape index (κ2) is 6.92.